The van der Waals surface area contributed by atoms with Gasteiger partial charge in [0.15, 0.2) is 0 Å². The van der Waals surface area contributed by atoms with Crippen LogP contribution in [0.5, 0.6) is 0 Å². The van der Waals surface area contributed by atoms with Gasteiger partial charge >= 0.3 is 0 Å². The second-order valence-corrected chi connectivity index (χ2v) is 6.56. The van der Waals surface area contributed by atoms with Crippen molar-refractivity contribution in [1.82, 2.24) is 25.7 Å². The van der Waals surface area contributed by atoms with Crippen molar-refractivity contribution in [2.75, 3.05) is 26.2 Å². The van der Waals surface area contributed by atoms with Gasteiger partial charge in [-0.05, 0) is 50.1 Å². The molecule has 0 saturated carbocycles. The van der Waals surface area contributed by atoms with Crippen molar-refractivity contribution in [2.24, 2.45) is 0 Å². The third-order valence-electron chi connectivity index (χ3n) is 4.50. The molecule has 0 radical (unpaired) electrons. The van der Waals surface area contributed by atoms with Gasteiger partial charge in [0.1, 0.15) is 11.5 Å². The molecule has 1 atom stereocenters. The van der Waals surface area contributed by atoms with Gasteiger partial charge in [0.2, 0.25) is 0 Å². The van der Waals surface area contributed by atoms with Crippen molar-refractivity contribution in [1.29, 1.82) is 0 Å². The molecule has 1 unspecified atom stereocenters. The quantitative estimate of drug-likeness (QED) is 0.642. The Morgan fingerprint density at radius 2 is 2.04 bits per heavy atom. The van der Waals surface area contributed by atoms with Gasteiger partial charge in [0.25, 0.3) is 11.8 Å². The Kier molecular flexibility index (Phi) is 6.54. The van der Waals surface area contributed by atoms with E-state index in [0.717, 1.165) is 25.9 Å². The van der Waals surface area contributed by atoms with E-state index in [9.17, 15) is 14.0 Å². The minimum Gasteiger partial charge on any atom is -0.352 e. The highest BCUT2D eigenvalue weighted by Crippen LogP contribution is 2.15. The molecule has 1 aromatic carbocycles. The first-order chi connectivity index (χ1) is 13.1. The Morgan fingerprint density at radius 1 is 1.22 bits per heavy atom. The summed E-state index contributed by atoms with van der Waals surface area (Å²) in [6.07, 6.45) is 4.57. The van der Waals surface area contributed by atoms with Gasteiger partial charge in [0.05, 0.1) is 6.04 Å². The molecule has 7 nitrogen and oxygen atoms in total. The van der Waals surface area contributed by atoms with Crippen molar-refractivity contribution in [2.45, 2.75) is 25.3 Å². The first-order valence-corrected chi connectivity index (χ1v) is 9.21. The van der Waals surface area contributed by atoms with Gasteiger partial charge in [0, 0.05) is 31.4 Å². The minimum atomic E-state index is -0.446. The van der Waals surface area contributed by atoms with Crippen molar-refractivity contribution in [3.05, 3.63) is 53.6 Å². The van der Waals surface area contributed by atoms with E-state index in [1.54, 1.807) is 12.1 Å². The fraction of sp³-hybridized carbons (Fsp3) is 0.421. The third kappa shape index (κ3) is 5.37. The van der Waals surface area contributed by atoms with Crippen molar-refractivity contribution >= 4 is 11.8 Å². The highest BCUT2D eigenvalue weighted by molar-refractivity contribution is 5.94. The largest absolute Gasteiger partial charge is 0.352 e. The van der Waals surface area contributed by atoms with E-state index in [-0.39, 0.29) is 17.4 Å². The van der Waals surface area contributed by atoms with Crippen LogP contribution in [0.4, 0.5) is 4.39 Å². The van der Waals surface area contributed by atoms with E-state index in [1.165, 1.54) is 18.2 Å². The Hall–Kier alpha value is -2.74. The maximum Gasteiger partial charge on any atom is 0.271 e. The summed E-state index contributed by atoms with van der Waals surface area (Å²) in [6, 6.07) is 7.53. The van der Waals surface area contributed by atoms with E-state index in [1.807, 2.05) is 10.9 Å². The summed E-state index contributed by atoms with van der Waals surface area (Å²) in [5.41, 5.74) is 0.672. The molecule has 3 N–H and O–H groups in total. The summed E-state index contributed by atoms with van der Waals surface area (Å²) < 4.78 is 14.9. The van der Waals surface area contributed by atoms with Gasteiger partial charge in [-0.2, -0.15) is 5.10 Å². The molecule has 8 heteroatoms. The second-order valence-electron chi connectivity index (χ2n) is 6.56. The Bertz CT molecular complexity index is 786. The Morgan fingerprint density at radius 3 is 2.78 bits per heavy atom. The lowest BCUT2D eigenvalue weighted by atomic mass is 10.1. The van der Waals surface area contributed by atoms with Crippen LogP contribution < -0.4 is 16.0 Å². The lowest BCUT2D eigenvalue weighted by Crippen LogP contribution is -2.32. The topological polar surface area (TPSA) is 88.0 Å². The highest BCUT2D eigenvalue weighted by Gasteiger charge is 2.17. The molecule has 0 aliphatic carbocycles. The lowest BCUT2D eigenvalue weighted by Gasteiger charge is -2.22. The number of piperidine rings is 1. The Balaban J connectivity index is 1.37. The zero-order valence-electron chi connectivity index (χ0n) is 15.1. The molecular formula is C19H24FN5O2. The number of benzene rings is 1. The first-order valence-electron chi connectivity index (χ1n) is 9.21. The predicted molar refractivity (Wildman–Crippen MR) is 99.1 cm³/mol. The molecular weight excluding hydrogens is 349 g/mol. The first kappa shape index (κ1) is 19.0. The molecule has 0 spiro atoms. The monoisotopic (exact) mass is 373 g/mol. The van der Waals surface area contributed by atoms with E-state index in [2.05, 4.69) is 21.0 Å². The van der Waals surface area contributed by atoms with Crippen LogP contribution in [0.15, 0.2) is 36.5 Å². The van der Waals surface area contributed by atoms with Crippen LogP contribution >= 0.6 is 0 Å². The van der Waals surface area contributed by atoms with Crippen LogP contribution in [0.2, 0.25) is 0 Å². The van der Waals surface area contributed by atoms with Gasteiger partial charge < -0.3 is 16.0 Å². The van der Waals surface area contributed by atoms with E-state index < -0.39 is 5.82 Å². The minimum absolute atomic E-state index is 0.228. The number of halogens is 1. The van der Waals surface area contributed by atoms with Gasteiger partial charge in [-0.1, -0.05) is 6.07 Å². The molecule has 1 aliphatic rings. The van der Waals surface area contributed by atoms with Crippen LogP contribution in [-0.4, -0.2) is 47.8 Å². The Labute approximate surface area is 157 Å². The third-order valence-corrected chi connectivity index (χ3v) is 4.50. The summed E-state index contributed by atoms with van der Waals surface area (Å²) in [6.45, 7) is 2.70. The van der Waals surface area contributed by atoms with Gasteiger partial charge in [-0.3, -0.25) is 14.3 Å². The molecule has 2 heterocycles. The highest BCUT2D eigenvalue weighted by atomic mass is 19.1. The molecule has 2 aromatic rings. The standard InChI is InChI=1S/C19H24FN5O2/c20-15-5-1-4-14(12-15)18(26)22-9-3-10-23-19(27)17-7-11-25(24-17)16-6-2-8-21-13-16/h1,4-5,7,11-12,16,21H,2-3,6,8-10,13H2,(H,22,26)(H,23,27). The summed E-state index contributed by atoms with van der Waals surface area (Å²) in [4.78, 5) is 24.1. The predicted octanol–water partition coefficient (Wildman–Crippen LogP) is 1.50. The van der Waals surface area contributed by atoms with Crippen LogP contribution in [0.3, 0.4) is 0 Å². The number of nitrogens with zero attached hydrogens (tertiary/aromatic N) is 2. The molecule has 27 heavy (non-hydrogen) atoms. The molecule has 1 fully saturated rings. The number of nitrogens with one attached hydrogen (secondary N) is 3. The molecule has 1 aliphatic heterocycles. The van der Waals surface area contributed by atoms with E-state index in [4.69, 9.17) is 0 Å². The molecule has 3 rings (SSSR count). The number of hydrogen-bond acceptors (Lipinski definition) is 4. The average molecular weight is 373 g/mol. The van der Waals surface area contributed by atoms with Crippen LogP contribution in [0.1, 0.15) is 46.2 Å². The molecule has 144 valence electrons. The summed E-state index contributed by atoms with van der Waals surface area (Å²) in [7, 11) is 0. The normalized spacial score (nSPS) is 16.7. The summed E-state index contributed by atoms with van der Waals surface area (Å²) in [5, 5.41) is 13.2. The van der Waals surface area contributed by atoms with Gasteiger partial charge in [-0.15, -0.1) is 0 Å². The van der Waals surface area contributed by atoms with E-state index >= 15 is 0 Å². The SMILES string of the molecule is O=C(NCCCNC(=O)c1ccn(C2CCCNC2)n1)c1cccc(F)c1. The van der Waals surface area contributed by atoms with Crippen LogP contribution in [0, 0.1) is 5.82 Å². The molecule has 0 bridgehead atoms. The van der Waals surface area contributed by atoms with Crippen LogP contribution in [0.25, 0.3) is 0 Å². The van der Waals surface area contributed by atoms with Gasteiger partial charge in [-0.25, -0.2) is 4.39 Å². The number of amides is 2. The van der Waals surface area contributed by atoms with Crippen molar-refractivity contribution < 1.29 is 14.0 Å². The maximum atomic E-state index is 13.1. The smallest absolute Gasteiger partial charge is 0.271 e. The summed E-state index contributed by atoms with van der Waals surface area (Å²) >= 11 is 0. The number of carbonyl (C=O) groups excluding carboxylic acids is 2. The van der Waals surface area contributed by atoms with E-state index in [0.29, 0.717) is 31.2 Å². The zero-order chi connectivity index (χ0) is 19.1. The number of rotatable bonds is 7. The zero-order valence-corrected chi connectivity index (χ0v) is 15.1. The molecule has 1 aromatic heterocycles. The number of carbonyl (C=O) groups is 2. The van der Waals surface area contributed by atoms with Crippen LogP contribution in [-0.2, 0) is 0 Å². The number of hydrogen-bond donors (Lipinski definition) is 3. The molecule has 1 saturated heterocycles. The average Bonchev–Trinajstić information content (AvgIpc) is 3.18. The lowest BCUT2D eigenvalue weighted by molar-refractivity contribution is 0.0946. The fourth-order valence-electron chi connectivity index (χ4n) is 3.04. The van der Waals surface area contributed by atoms with Crippen molar-refractivity contribution in [3.8, 4) is 0 Å². The fourth-order valence-corrected chi connectivity index (χ4v) is 3.04. The second kappa shape index (κ2) is 9.27. The summed E-state index contributed by atoms with van der Waals surface area (Å²) in [5.74, 6) is -1.01. The van der Waals surface area contributed by atoms with Crippen molar-refractivity contribution in [3.63, 3.8) is 0 Å². The maximum absolute atomic E-state index is 13.1. The number of aromatic nitrogens is 2. The molecule has 2 amide bonds.